The molecule has 0 spiro atoms. The molecule has 0 amide bonds. The highest BCUT2D eigenvalue weighted by molar-refractivity contribution is 5.98. The Morgan fingerprint density at radius 3 is 1.41 bits per heavy atom. The van der Waals surface area contributed by atoms with Crippen LogP contribution in [0.4, 0.5) is 17.1 Å². The summed E-state index contributed by atoms with van der Waals surface area (Å²) < 4.78 is 0. The molecule has 54 heavy (non-hydrogen) atoms. The summed E-state index contributed by atoms with van der Waals surface area (Å²) in [7, 11) is 0. The zero-order valence-corrected chi connectivity index (χ0v) is 30.5. The molecule has 1 aliphatic carbocycles. The second kappa shape index (κ2) is 12.8. The Kier molecular flexibility index (Phi) is 7.56. The third kappa shape index (κ3) is 5.32. The van der Waals surface area contributed by atoms with E-state index in [0.717, 1.165) is 17.1 Å². The van der Waals surface area contributed by atoms with Gasteiger partial charge >= 0.3 is 0 Å². The molecule has 0 unspecified atom stereocenters. The molecule has 1 aliphatic rings. The van der Waals surface area contributed by atoms with Crippen LogP contribution < -0.4 is 4.90 Å². The Hall–Kier alpha value is -6.70. The zero-order chi connectivity index (χ0) is 36.2. The topological polar surface area (TPSA) is 3.24 Å². The van der Waals surface area contributed by atoms with E-state index in [1.165, 1.54) is 77.2 Å². The van der Waals surface area contributed by atoms with Crippen molar-refractivity contribution >= 4 is 38.6 Å². The van der Waals surface area contributed by atoms with Gasteiger partial charge in [-0.25, -0.2) is 0 Å². The summed E-state index contributed by atoms with van der Waals surface area (Å²) in [6.07, 6.45) is 0. The highest BCUT2D eigenvalue weighted by atomic mass is 15.1. The summed E-state index contributed by atoms with van der Waals surface area (Å²) >= 11 is 0. The normalized spacial score (nSPS) is 12.8. The molecule has 0 heterocycles. The number of anilines is 3. The summed E-state index contributed by atoms with van der Waals surface area (Å²) in [6, 6.07) is 73.3. The van der Waals surface area contributed by atoms with Gasteiger partial charge in [-0.1, -0.05) is 172 Å². The second-order valence-corrected chi connectivity index (χ2v) is 15.0. The third-order valence-corrected chi connectivity index (χ3v) is 11.5. The van der Waals surface area contributed by atoms with Crippen molar-refractivity contribution in [1.82, 2.24) is 0 Å². The van der Waals surface area contributed by atoms with E-state index in [1.807, 2.05) is 0 Å². The highest BCUT2D eigenvalue weighted by Crippen LogP contribution is 2.52. The average molecular weight is 690 g/mol. The van der Waals surface area contributed by atoms with Crippen molar-refractivity contribution < 1.29 is 0 Å². The first-order chi connectivity index (χ1) is 26.5. The molecule has 256 valence electrons. The lowest BCUT2D eigenvalue weighted by Crippen LogP contribution is -2.16. The van der Waals surface area contributed by atoms with Crippen LogP contribution in [0.3, 0.4) is 0 Å². The molecule has 0 radical (unpaired) electrons. The number of hydrogen-bond donors (Lipinski definition) is 0. The van der Waals surface area contributed by atoms with Gasteiger partial charge in [-0.3, -0.25) is 0 Å². The van der Waals surface area contributed by atoms with Crippen LogP contribution in [0.15, 0.2) is 200 Å². The van der Waals surface area contributed by atoms with Crippen molar-refractivity contribution in [2.24, 2.45) is 0 Å². The molecule has 0 saturated heterocycles. The van der Waals surface area contributed by atoms with E-state index >= 15 is 0 Å². The molecule has 1 nitrogen and oxygen atoms in total. The summed E-state index contributed by atoms with van der Waals surface area (Å²) in [6.45, 7) is 4.75. The Balaban J connectivity index is 0.991. The molecule has 0 N–H and O–H groups in total. The van der Waals surface area contributed by atoms with E-state index in [9.17, 15) is 0 Å². The summed E-state index contributed by atoms with van der Waals surface area (Å²) in [4.78, 5) is 2.38. The maximum Gasteiger partial charge on any atom is 0.0465 e. The number of hydrogen-bond acceptors (Lipinski definition) is 1. The molecule has 0 bridgehead atoms. The van der Waals surface area contributed by atoms with Crippen molar-refractivity contribution in [2.45, 2.75) is 19.3 Å². The van der Waals surface area contributed by atoms with Crippen LogP contribution in [0, 0.1) is 0 Å². The fraction of sp³-hybridized carbons (Fsp3) is 0.0566. The van der Waals surface area contributed by atoms with Gasteiger partial charge in [0.2, 0.25) is 0 Å². The van der Waals surface area contributed by atoms with E-state index in [0.29, 0.717) is 0 Å². The minimum Gasteiger partial charge on any atom is -0.310 e. The van der Waals surface area contributed by atoms with E-state index in [1.54, 1.807) is 0 Å². The summed E-state index contributed by atoms with van der Waals surface area (Å²) in [5.74, 6) is 0. The number of fused-ring (bicyclic) bond motifs is 5. The smallest absolute Gasteiger partial charge is 0.0465 e. The van der Waals surface area contributed by atoms with Crippen molar-refractivity contribution in [3.05, 3.63) is 211 Å². The number of nitrogens with zero attached hydrogens (tertiary/aromatic N) is 1. The second-order valence-electron chi connectivity index (χ2n) is 15.0. The van der Waals surface area contributed by atoms with Gasteiger partial charge in [0.15, 0.2) is 0 Å². The van der Waals surface area contributed by atoms with Crippen molar-refractivity contribution in [2.75, 3.05) is 4.90 Å². The SMILES string of the molecule is CC1(C)c2cc(-c3cccc4ccccc34)ccc2-c2ccc(N(c3ccccc3)c3ccc(-c4ccc(-c5cccc6ccccc56)cc4)cc3)cc21. The maximum atomic E-state index is 2.43. The van der Waals surface area contributed by atoms with Gasteiger partial charge in [-0.05, 0) is 120 Å². The van der Waals surface area contributed by atoms with Gasteiger partial charge in [0.25, 0.3) is 0 Å². The molecule has 1 heteroatoms. The fourth-order valence-corrected chi connectivity index (χ4v) is 8.66. The Morgan fingerprint density at radius 1 is 0.315 bits per heavy atom. The lowest BCUT2D eigenvalue weighted by molar-refractivity contribution is 0.660. The van der Waals surface area contributed by atoms with Gasteiger partial charge in [-0.2, -0.15) is 0 Å². The van der Waals surface area contributed by atoms with Crippen LogP contribution in [-0.4, -0.2) is 0 Å². The Morgan fingerprint density at radius 2 is 0.759 bits per heavy atom. The summed E-state index contributed by atoms with van der Waals surface area (Å²) in [5, 5.41) is 5.10. The van der Waals surface area contributed by atoms with E-state index in [4.69, 9.17) is 0 Å². The van der Waals surface area contributed by atoms with Crippen LogP contribution in [0.5, 0.6) is 0 Å². The van der Waals surface area contributed by atoms with Gasteiger partial charge in [0.05, 0.1) is 0 Å². The van der Waals surface area contributed by atoms with Gasteiger partial charge in [0, 0.05) is 22.5 Å². The number of rotatable bonds is 6. The molecule has 10 rings (SSSR count). The first-order valence-corrected chi connectivity index (χ1v) is 18.8. The lowest BCUT2D eigenvalue weighted by atomic mass is 9.81. The molecule has 0 saturated carbocycles. The molecular weight excluding hydrogens is 651 g/mol. The molecule has 9 aromatic rings. The number of benzene rings is 9. The summed E-state index contributed by atoms with van der Waals surface area (Å²) in [5.41, 5.74) is 16.1. The third-order valence-electron chi connectivity index (χ3n) is 11.5. The van der Waals surface area contributed by atoms with E-state index in [2.05, 4.69) is 219 Å². The predicted octanol–water partition coefficient (Wildman–Crippen LogP) is 14.8. The van der Waals surface area contributed by atoms with Crippen LogP contribution in [-0.2, 0) is 5.41 Å². The Bertz CT molecular complexity index is 2820. The van der Waals surface area contributed by atoms with Gasteiger partial charge in [0.1, 0.15) is 0 Å². The van der Waals surface area contributed by atoms with Crippen LogP contribution in [0.2, 0.25) is 0 Å². The van der Waals surface area contributed by atoms with Crippen LogP contribution in [0.1, 0.15) is 25.0 Å². The largest absolute Gasteiger partial charge is 0.310 e. The molecule has 0 aromatic heterocycles. The highest BCUT2D eigenvalue weighted by Gasteiger charge is 2.36. The van der Waals surface area contributed by atoms with Gasteiger partial charge < -0.3 is 4.90 Å². The molecule has 0 fully saturated rings. The quantitative estimate of drug-likeness (QED) is 0.168. The maximum absolute atomic E-state index is 2.43. The minimum atomic E-state index is -0.161. The first-order valence-electron chi connectivity index (χ1n) is 18.8. The van der Waals surface area contributed by atoms with Crippen LogP contribution >= 0.6 is 0 Å². The molecule has 0 atom stereocenters. The van der Waals surface area contributed by atoms with Crippen molar-refractivity contribution in [3.63, 3.8) is 0 Å². The molecule has 9 aromatic carbocycles. The standard InChI is InChI=1S/C53H39N/c1-53(2)51-34-41(48-21-11-15-39-13-7-9-19-46(39)48)28-32-49(51)50-33-31-44(35-52(50)53)54(42-16-4-3-5-17-42)43-29-26-37(27-30-43)36-22-24-40(25-23-36)47-20-10-14-38-12-6-8-18-45(38)47/h3-35H,1-2H3. The number of para-hydroxylation sites is 1. The molecule has 0 aliphatic heterocycles. The first kappa shape index (κ1) is 32.0. The van der Waals surface area contributed by atoms with E-state index < -0.39 is 0 Å². The zero-order valence-electron chi connectivity index (χ0n) is 30.5. The minimum absolute atomic E-state index is 0.161. The molecular formula is C53H39N. The van der Waals surface area contributed by atoms with Crippen molar-refractivity contribution in [1.29, 1.82) is 0 Å². The fourth-order valence-electron chi connectivity index (χ4n) is 8.66. The van der Waals surface area contributed by atoms with Gasteiger partial charge in [-0.15, -0.1) is 0 Å². The average Bonchev–Trinajstić information content (AvgIpc) is 3.46. The van der Waals surface area contributed by atoms with Crippen molar-refractivity contribution in [3.8, 4) is 44.5 Å². The Labute approximate surface area is 317 Å². The lowest BCUT2D eigenvalue weighted by Gasteiger charge is -2.28. The van der Waals surface area contributed by atoms with Crippen LogP contribution in [0.25, 0.3) is 66.1 Å². The monoisotopic (exact) mass is 689 g/mol. The predicted molar refractivity (Wildman–Crippen MR) is 230 cm³/mol. The van der Waals surface area contributed by atoms with E-state index in [-0.39, 0.29) is 5.41 Å².